The lowest BCUT2D eigenvalue weighted by Crippen LogP contribution is -2.16. The quantitative estimate of drug-likeness (QED) is 0.545. The number of primary amides is 1. The van der Waals surface area contributed by atoms with Gasteiger partial charge in [-0.1, -0.05) is 28.1 Å². The minimum Gasteiger partial charge on any atom is -0.459 e. The summed E-state index contributed by atoms with van der Waals surface area (Å²) in [5.41, 5.74) is 6.72. The number of rotatable bonds is 6. The van der Waals surface area contributed by atoms with Crippen LogP contribution in [-0.4, -0.2) is 11.8 Å². The average molecular weight is 432 g/mol. The molecule has 0 saturated heterocycles. The van der Waals surface area contributed by atoms with Gasteiger partial charge in [0.05, 0.1) is 17.5 Å². The fourth-order valence-corrected chi connectivity index (χ4v) is 2.95. The van der Waals surface area contributed by atoms with E-state index in [4.69, 9.17) is 10.2 Å². The lowest BCUT2D eigenvalue weighted by molar-refractivity contribution is 0.0989. The predicted molar refractivity (Wildman–Crippen MR) is 103 cm³/mol. The first kappa shape index (κ1) is 18.7. The molecule has 0 aliphatic heterocycles. The summed E-state index contributed by atoms with van der Waals surface area (Å²) in [6.45, 7) is 0.292. The molecule has 3 aromatic rings. The fourth-order valence-electron chi connectivity index (χ4n) is 2.52. The molecule has 0 radical (unpaired) electrons. The zero-order valence-electron chi connectivity index (χ0n) is 14.0. The monoisotopic (exact) mass is 431 g/mol. The largest absolute Gasteiger partial charge is 0.459 e. The van der Waals surface area contributed by atoms with Gasteiger partial charge in [-0.15, -0.1) is 0 Å². The molecule has 1 heterocycles. The van der Waals surface area contributed by atoms with Gasteiger partial charge < -0.3 is 20.8 Å². The molecule has 8 heteroatoms. The molecule has 0 atom stereocenters. The lowest BCUT2D eigenvalue weighted by atomic mass is 10.1. The number of furan rings is 1. The fraction of sp³-hybridized carbons (Fsp3) is 0.0526. The molecule has 6 nitrogen and oxygen atoms in total. The van der Waals surface area contributed by atoms with Gasteiger partial charge in [0.1, 0.15) is 5.82 Å². The molecule has 1 aromatic heterocycles. The Labute approximate surface area is 162 Å². The Morgan fingerprint density at radius 1 is 1.15 bits per heavy atom. The highest BCUT2D eigenvalue weighted by Gasteiger charge is 2.15. The number of hydrogen-bond acceptors (Lipinski definition) is 4. The number of nitrogens with one attached hydrogen (secondary N) is 2. The predicted octanol–water partition coefficient (Wildman–Crippen LogP) is 4.14. The minimum absolute atomic E-state index is 0.203. The topological polar surface area (TPSA) is 97.4 Å². The van der Waals surface area contributed by atoms with Crippen molar-refractivity contribution >= 4 is 39.1 Å². The van der Waals surface area contributed by atoms with Crippen LogP contribution < -0.4 is 16.4 Å². The summed E-state index contributed by atoms with van der Waals surface area (Å²) in [7, 11) is 0. The number of anilines is 2. The van der Waals surface area contributed by atoms with Crippen molar-refractivity contribution in [1.29, 1.82) is 0 Å². The number of hydrogen-bond donors (Lipinski definition) is 3. The highest BCUT2D eigenvalue weighted by atomic mass is 79.9. The Hall–Kier alpha value is -3.13. The van der Waals surface area contributed by atoms with Gasteiger partial charge in [-0.05, 0) is 42.0 Å². The van der Waals surface area contributed by atoms with E-state index >= 15 is 0 Å². The van der Waals surface area contributed by atoms with E-state index in [1.54, 1.807) is 36.4 Å². The number of nitrogens with two attached hydrogens (primary N) is 1. The normalized spacial score (nSPS) is 10.4. The molecule has 0 unspecified atom stereocenters. The standard InChI is InChI=1S/C19H15BrFN3O3/c20-12-8-14(21)17(18(22)25)15(9-12)23-10-11-3-1-4-13(7-11)24-19(26)16-5-2-6-27-16/h1-9,23H,10H2,(H2,22,25)(H,24,26). The maximum Gasteiger partial charge on any atom is 0.291 e. The average Bonchev–Trinajstić information content (AvgIpc) is 3.14. The first-order chi connectivity index (χ1) is 12.9. The van der Waals surface area contributed by atoms with Gasteiger partial charge in [-0.2, -0.15) is 0 Å². The maximum absolute atomic E-state index is 14.0. The molecule has 138 valence electrons. The van der Waals surface area contributed by atoms with Crippen LogP contribution in [0, 0.1) is 5.82 Å². The molecule has 3 rings (SSSR count). The van der Waals surface area contributed by atoms with E-state index in [0.717, 1.165) is 5.56 Å². The highest BCUT2D eigenvalue weighted by Crippen LogP contribution is 2.25. The van der Waals surface area contributed by atoms with Crippen LogP contribution in [0.25, 0.3) is 0 Å². The second kappa shape index (κ2) is 8.05. The van der Waals surface area contributed by atoms with Gasteiger partial charge >= 0.3 is 0 Å². The van der Waals surface area contributed by atoms with E-state index in [-0.39, 0.29) is 22.9 Å². The zero-order valence-corrected chi connectivity index (χ0v) is 15.5. The van der Waals surface area contributed by atoms with Gasteiger partial charge in [-0.25, -0.2) is 4.39 Å². The third-order valence-corrected chi connectivity index (χ3v) is 4.17. The highest BCUT2D eigenvalue weighted by molar-refractivity contribution is 9.10. The lowest BCUT2D eigenvalue weighted by Gasteiger charge is -2.12. The third kappa shape index (κ3) is 4.53. The number of carbonyl (C=O) groups is 2. The Kier molecular flexibility index (Phi) is 5.56. The molecular formula is C19H15BrFN3O3. The number of halogens is 2. The van der Waals surface area contributed by atoms with E-state index in [9.17, 15) is 14.0 Å². The Balaban J connectivity index is 1.74. The first-order valence-corrected chi connectivity index (χ1v) is 8.70. The summed E-state index contributed by atoms with van der Waals surface area (Å²) >= 11 is 3.19. The van der Waals surface area contributed by atoms with Crippen molar-refractivity contribution in [3.8, 4) is 0 Å². The Bertz CT molecular complexity index is 990. The summed E-state index contributed by atoms with van der Waals surface area (Å²) in [4.78, 5) is 23.6. The molecule has 4 N–H and O–H groups in total. The number of amides is 2. The number of benzene rings is 2. The molecule has 0 saturated carbocycles. The van der Waals surface area contributed by atoms with Gasteiger partial charge in [0.2, 0.25) is 0 Å². The SMILES string of the molecule is NC(=O)c1c(F)cc(Br)cc1NCc1cccc(NC(=O)c2ccco2)c1. The minimum atomic E-state index is -0.859. The number of carbonyl (C=O) groups excluding carboxylic acids is 2. The molecule has 0 fully saturated rings. The van der Waals surface area contributed by atoms with Gasteiger partial charge in [-0.3, -0.25) is 9.59 Å². The smallest absolute Gasteiger partial charge is 0.291 e. The van der Waals surface area contributed by atoms with Crippen LogP contribution in [0.4, 0.5) is 15.8 Å². The van der Waals surface area contributed by atoms with Crippen molar-refractivity contribution in [1.82, 2.24) is 0 Å². The van der Waals surface area contributed by atoms with Crippen LogP contribution in [0.15, 0.2) is 63.7 Å². The van der Waals surface area contributed by atoms with Crippen LogP contribution >= 0.6 is 15.9 Å². The Morgan fingerprint density at radius 2 is 1.96 bits per heavy atom. The van der Waals surface area contributed by atoms with E-state index in [0.29, 0.717) is 16.7 Å². The molecule has 0 spiro atoms. The van der Waals surface area contributed by atoms with Gasteiger partial charge in [0.25, 0.3) is 11.8 Å². The second-order valence-electron chi connectivity index (χ2n) is 5.66. The molecule has 0 aliphatic rings. The summed E-state index contributed by atoms with van der Waals surface area (Å²) in [6, 6.07) is 13.0. The second-order valence-corrected chi connectivity index (χ2v) is 6.58. The Morgan fingerprint density at radius 3 is 2.67 bits per heavy atom. The van der Waals surface area contributed by atoms with Crippen molar-refractivity contribution in [2.24, 2.45) is 5.73 Å². The van der Waals surface area contributed by atoms with Crippen molar-refractivity contribution in [3.05, 3.63) is 82.0 Å². The van der Waals surface area contributed by atoms with Gasteiger partial charge in [0.15, 0.2) is 5.76 Å². The van der Waals surface area contributed by atoms with Crippen molar-refractivity contribution < 1.29 is 18.4 Å². The summed E-state index contributed by atoms with van der Waals surface area (Å²) in [6.07, 6.45) is 1.42. The zero-order chi connectivity index (χ0) is 19.4. The van der Waals surface area contributed by atoms with E-state index in [1.165, 1.54) is 12.3 Å². The van der Waals surface area contributed by atoms with Crippen molar-refractivity contribution in [2.45, 2.75) is 6.54 Å². The van der Waals surface area contributed by atoms with Crippen LogP contribution in [0.3, 0.4) is 0 Å². The van der Waals surface area contributed by atoms with Crippen molar-refractivity contribution in [3.63, 3.8) is 0 Å². The summed E-state index contributed by atoms with van der Waals surface area (Å²) in [5.74, 6) is -1.73. The van der Waals surface area contributed by atoms with Crippen molar-refractivity contribution in [2.75, 3.05) is 10.6 Å². The van der Waals surface area contributed by atoms with E-state index in [1.807, 2.05) is 6.07 Å². The van der Waals surface area contributed by atoms with Crippen LogP contribution in [0.1, 0.15) is 26.5 Å². The molecule has 2 aromatic carbocycles. The summed E-state index contributed by atoms with van der Waals surface area (Å²) < 4.78 is 19.5. The molecule has 0 aliphatic carbocycles. The molecule has 0 bridgehead atoms. The van der Waals surface area contributed by atoms with E-state index in [2.05, 4.69) is 26.6 Å². The van der Waals surface area contributed by atoms with Crippen LogP contribution in [-0.2, 0) is 6.54 Å². The maximum atomic E-state index is 14.0. The molecular weight excluding hydrogens is 417 g/mol. The first-order valence-electron chi connectivity index (χ1n) is 7.90. The van der Waals surface area contributed by atoms with Gasteiger partial charge in [0, 0.05) is 16.7 Å². The molecule has 27 heavy (non-hydrogen) atoms. The molecule has 2 amide bonds. The van der Waals surface area contributed by atoms with Crippen LogP contribution in [0.5, 0.6) is 0 Å². The van der Waals surface area contributed by atoms with E-state index < -0.39 is 11.7 Å². The summed E-state index contributed by atoms with van der Waals surface area (Å²) in [5, 5.41) is 5.73. The third-order valence-electron chi connectivity index (χ3n) is 3.71. The van der Waals surface area contributed by atoms with Crippen LogP contribution in [0.2, 0.25) is 0 Å².